The SMILES string of the molecule is C=CC(C)C(=O)CNC(=O)O. The molecule has 4 nitrogen and oxygen atoms in total. The number of hydrogen-bond donors (Lipinski definition) is 2. The molecular weight excluding hydrogens is 146 g/mol. The fourth-order valence-electron chi connectivity index (χ4n) is 0.455. The molecule has 0 aromatic rings. The van der Waals surface area contributed by atoms with Crippen molar-refractivity contribution in [3.8, 4) is 0 Å². The summed E-state index contributed by atoms with van der Waals surface area (Å²) in [7, 11) is 0. The third-order valence-corrected chi connectivity index (χ3v) is 1.28. The van der Waals surface area contributed by atoms with E-state index in [4.69, 9.17) is 5.11 Å². The van der Waals surface area contributed by atoms with Crippen LogP contribution in [0.1, 0.15) is 6.92 Å². The van der Waals surface area contributed by atoms with Gasteiger partial charge in [-0.05, 0) is 0 Å². The maximum atomic E-state index is 10.9. The van der Waals surface area contributed by atoms with Crippen LogP contribution in [0.2, 0.25) is 0 Å². The Balaban J connectivity index is 3.69. The molecule has 0 radical (unpaired) electrons. The van der Waals surface area contributed by atoms with Crippen LogP contribution in [0.4, 0.5) is 4.79 Å². The average Bonchev–Trinajstić information content (AvgIpc) is 1.98. The molecule has 0 aromatic heterocycles. The first-order valence-electron chi connectivity index (χ1n) is 3.20. The van der Waals surface area contributed by atoms with Crippen LogP contribution in [0.5, 0.6) is 0 Å². The first kappa shape index (κ1) is 9.68. The quantitative estimate of drug-likeness (QED) is 0.588. The molecule has 2 N–H and O–H groups in total. The van der Waals surface area contributed by atoms with Crippen LogP contribution < -0.4 is 5.32 Å². The molecule has 0 spiro atoms. The van der Waals surface area contributed by atoms with Gasteiger partial charge >= 0.3 is 6.09 Å². The molecule has 0 rings (SSSR count). The Hall–Kier alpha value is -1.32. The van der Waals surface area contributed by atoms with E-state index in [1.807, 2.05) is 5.32 Å². The summed E-state index contributed by atoms with van der Waals surface area (Å²) in [5, 5.41) is 10.1. The molecule has 0 aliphatic carbocycles. The maximum absolute atomic E-state index is 10.9. The highest BCUT2D eigenvalue weighted by molar-refractivity contribution is 5.86. The van der Waals surface area contributed by atoms with Gasteiger partial charge in [-0.15, -0.1) is 6.58 Å². The molecule has 1 unspecified atom stereocenters. The van der Waals surface area contributed by atoms with Gasteiger partial charge in [-0.2, -0.15) is 0 Å². The molecule has 0 heterocycles. The Bertz CT molecular complexity index is 177. The summed E-state index contributed by atoms with van der Waals surface area (Å²) in [6, 6.07) is 0. The minimum Gasteiger partial charge on any atom is -0.465 e. The Morgan fingerprint density at radius 2 is 2.27 bits per heavy atom. The summed E-state index contributed by atoms with van der Waals surface area (Å²) in [5.74, 6) is -0.468. The molecule has 0 aromatic carbocycles. The molecule has 0 saturated carbocycles. The maximum Gasteiger partial charge on any atom is 0.405 e. The fraction of sp³-hybridized carbons (Fsp3) is 0.429. The van der Waals surface area contributed by atoms with E-state index in [0.717, 1.165) is 0 Å². The van der Waals surface area contributed by atoms with E-state index in [1.165, 1.54) is 6.08 Å². The van der Waals surface area contributed by atoms with Crippen LogP contribution in [-0.2, 0) is 4.79 Å². The molecule has 4 heteroatoms. The van der Waals surface area contributed by atoms with Gasteiger partial charge in [0.1, 0.15) is 0 Å². The number of nitrogens with one attached hydrogen (secondary N) is 1. The van der Waals surface area contributed by atoms with Gasteiger partial charge < -0.3 is 10.4 Å². The first-order valence-corrected chi connectivity index (χ1v) is 3.20. The van der Waals surface area contributed by atoms with E-state index >= 15 is 0 Å². The second kappa shape index (κ2) is 4.49. The molecule has 0 aliphatic heterocycles. The highest BCUT2D eigenvalue weighted by atomic mass is 16.4. The summed E-state index contributed by atoms with van der Waals surface area (Å²) in [6.45, 7) is 4.93. The average molecular weight is 157 g/mol. The summed E-state index contributed by atoms with van der Waals surface area (Å²) in [5.41, 5.74) is 0. The molecule has 0 fully saturated rings. The summed E-state index contributed by atoms with van der Waals surface area (Å²) in [6.07, 6.45) is 0.292. The van der Waals surface area contributed by atoms with Crippen molar-refractivity contribution < 1.29 is 14.7 Å². The number of allylic oxidation sites excluding steroid dienone is 1. The molecule has 0 saturated heterocycles. The van der Waals surface area contributed by atoms with E-state index in [9.17, 15) is 9.59 Å². The van der Waals surface area contributed by atoms with Gasteiger partial charge in [-0.3, -0.25) is 4.79 Å². The molecular formula is C7H11NO3. The summed E-state index contributed by atoms with van der Waals surface area (Å²) >= 11 is 0. The van der Waals surface area contributed by atoms with Crippen molar-refractivity contribution >= 4 is 11.9 Å². The molecule has 62 valence electrons. The van der Waals surface area contributed by atoms with Crippen molar-refractivity contribution in [1.82, 2.24) is 5.32 Å². The van der Waals surface area contributed by atoms with Gasteiger partial charge in [0.25, 0.3) is 0 Å². The van der Waals surface area contributed by atoms with E-state index in [0.29, 0.717) is 0 Å². The van der Waals surface area contributed by atoms with Crippen molar-refractivity contribution in [1.29, 1.82) is 0 Å². The van der Waals surface area contributed by atoms with E-state index < -0.39 is 6.09 Å². The zero-order chi connectivity index (χ0) is 8.85. The minimum atomic E-state index is -1.19. The minimum absolute atomic E-state index is 0.150. The van der Waals surface area contributed by atoms with Crippen molar-refractivity contribution in [3.63, 3.8) is 0 Å². The van der Waals surface area contributed by atoms with Gasteiger partial charge in [0.2, 0.25) is 0 Å². The number of carbonyl (C=O) groups is 2. The number of amides is 1. The Morgan fingerprint density at radius 3 is 2.64 bits per heavy atom. The Morgan fingerprint density at radius 1 is 1.73 bits per heavy atom. The molecule has 1 atom stereocenters. The largest absolute Gasteiger partial charge is 0.465 e. The van der Waals surface area contributed by atoms with Crippen LogP contribution in [0.15, 0.2) is 12.7 Å². The first-order chi connectivity index (χ1) is 5.07. The Kier molecular flexibility index (Phi) is 3.95. The lowest BCUT2D eigenvalue weighted by molar-refractivity contribution is -0.120. The van der Waals surface area contributed by atoms with Crippen molar-refractivity contribution in [2.75, 3.05) is 6.54 Å². The zero-order valence-electron chi connectivity index (χ0n) is 6.33. The predicted octanol–water partition coefficient (Wildman–Crippen LogP) is 0.645. The van der Waals surface area contributed by atoms with Gasteiger partial charge in [0.05, 0.1) is 6.54 Å². The molecule has 0 bridgehead atoms. The van der Waals surface area contributed by atoms with E-state index in [1.54, 1.807) is 6.92 Å². The number of carboxylic acid groups (broad SMARTS) is 1. The fourth-order valence-corrected chi connectivity index (χ4v) is 0.455. The lowest BCUT2D eigenvalue weighted by Gasteiger charge is -2.03. The van der Waals surface area contributed by atoms with E-state index in [-0.39, 0.29) is 18.2 Å². The van der Waals surface area contributed by atoms with Crippen molar-refractivity contribution in [2.45, 2.75) is 6.92 Å². The van der Waals surface area contributed by atoms with Crippen LogP contribution in [0.25, 0.3) is 0 Å². The number of carbonyl (C=O) groups excluding carboxylic acids is 1. The molecule has 11 heavy (non-hydrogen) atoms. The highest BCUT2D eigenvalue weighted by Crippen LogP contribution is 1.95. The topological polar surface area (TPSA) is 66.4 Å². The number of hydrogen-bond acceptors (Lipinski definition) is 2. The number of Topliss-reactive ketones (excluding diaryl/α,β-unsaturated/α-hetero) is 1. The zero-order valence-corrected chi connectivity index (χ0v) is 6.33. The lowest BCUT2D eigenvalue weighted by Crippen LogP contribution is -2.30. The van der Waals surface area contributed by atoms with E-state index in [2.05, 4.69) is 6.58 Å². The second-order valence-corrected chi connectivity index (χ2v) is 2.15. The van der Waals surface area contributed by atoms with Crippen LogP contribution in [0.3, 0.4) is 0 Å². The monoisotopic (exact) mass is 157 g/mol. The summed E-state index contributed by atoms with van der Waals surface area (Å²) < 4.78 is 0. The molecule has 0 aliphatic rings. The number of rotatable bonds is 4. The highest BCUT2D eigenvalue weighted by Gasteiger charge is 2.08. The Labute approximate surface area is 64.9 Å². The molecule has 1 amide bonds. The van der Waals surface area contributed by atoms with Gasteiger partial charge in [0, 0.05) is 5.92 Å². The van der Waals surface area contributed by atoms with Gasteiger partial charge in [-0.25, -0.2) is 4.79 Å². The van der Waals surface area contributed by atoms with Crippen LogP contribution in [-0.4, -0.2) is 23.5 Å². The lowest BCUT2D eigenvalue weighted by atomic mass is 10.1. The number of ketones is 1. The predicted molar refractivity (Wildman–Crippen MR) is 40.4 cm³/mol. The van der Waals surface area contributed by atoms with Gasteiger partial charge in [0.15, 0.2) is 5.78 Å². The van der Waals surface area contributed by atoms with Crippen LogP contribution >= 0.6 is 0 Å². The third kappa shape index (κ3) is 4.13. The van der Waals surface area contributed by atoms with Crippen molar-refractivity contribution in [3.05, 3.63) is 12.7 Å². The smallest absolute Gasteiger partial charge is 0.405 e. The normalized spacial score (nSPS) is 11.7. The third-order valence-electron chi connectivity index (χ3n) is 1.28. The van der Waals surface area contributed by atoms with Crippen molar-refractivity contribution in [2.24, 2.45) is 5.92 Å². The standard InChI is InChI=1S/C7H11NO3/c1-3-5(2)6(9)4-8-7(10)11/h3,5,8H,1,4H2,2H3,(H,10,11). The van der Waals surface area contributed by atoms with Crippen LogP contribution in [0, 0.1) is 5.92 Å². The second-order valence-electron chi connectivity index (χ2n) is 2.15. The summed E-state index contributed by atoms with van der Waals surface area (Å²) in [4.78, 5) is 20.8. The van der Waals surface area contributed by atoms with Gasteiger partial charge in [-0.1, -0.05) is 13.0 Å².